The lowest BCUT2D eigenvalue weighted by atomic mass is 10.3. The number of hydrogen-bond donors (Lipinski definition) is 0. The van der Waals surface area contributed by atoms with Gasteiger partial charge >= 0.3 is 0 Å². The van der Waals surface area contributed by atoms with Crippen molar-refractivity contribution < 1.29 is 4.79 Å². The van der Waals surface area contributed by atoms with Gasteiger partial charge in [0.25, 0.3) is 5.24 Å². The highest BCUT2D eigenvalue weighted by Crippen LogP contribution is 2.24. The Labute approximate surface area is 75.6 Å². The molecule has 0 saturated carbocycles. The summed E-state index contributed by atoms with van der Waals surface area (Å²) in [5.74, 6) is 0.910. The van der Waals surface area contributed by atoms with Crippen LogP contribution in [0.15, 0.2) is 30.3 Å². The van der Waals surface area contributed by atoms with Crippen molar-refractivity contribution in [3.05, 3.63) is 30.3 Å². The Morgan fingerprint density at radius 2 is 2.00 bits per heavy atom. The number of anilines is 1. The SMILES string of the molecule is O=C1SCCN1c1ccccc1. The summed E-state index contributed by atoms with van der Waals surface area (Å²) in [6.45, 7) is 0.841. The quantitative estimate of drug-likeness (QED) is 0.659. The molecule has 0 aliphatic carbocycles. The van der Waals surface area contributed by atoms with E-state index in [-0.39, 0.29) is 5.24 Å². The van der Waals surface area contributed by atoms with E-state index < -0.39 is 0 Å². The number of benzene rings is 1. The Balaban J connectivity index is 2.25. The van der Waals surface area contributed by atoms with Gasteiger partial charge < -0.3 is 4.90 Å². The molecule has 1 aromatic rings. The van der Waals surface area contributed by atoms with Gasteiger partial charge in [0.15, 0.2) is 0 Å². The van der Waals surface area contributed by atoms with E-state index in [2.05, 4.69) is 0 Å². The lowest BCUT2D eigenvalue weighted by Crippen LogP contribution is -2.21. The maximum Gasteiger partial charge on any atom is 0.286 e. The van der Waals surface area contributed by atoms with Crippen LogP contribution in [0.5, 0.6) is 0 Å². The summed E-state index contributed by atoms with van der Waals surface area (Å²) in [7, 11) is 0. The van der Waals surface area contributed by atoms with E-state index in [1.54, 1.807) is 0 Å². The second-order valence-corrected chi connectivity index (χ2v) is 3.65. The number of carbonyl (C=O) groups is 1. The van der Waals surface area contributed by atoms with E-state index in [0.717, 1.165) is 18.0 Å². The van der Waals surface area contributed by atoms with Gasteiger partial charge in [-0.2, -0.15) is 0 Å². The minimum absolute atomic E-state index is 0.168. The number of nitrogens with zero attached hydrogens (tertiary/aromatic N) is 1. The molecule has 62 valence electrons. The number of rotatable bonds is 1. The number of hydrogen-bond acceptors (Lipinski definition) is 2. The van der Waals surface area contributed by atoms with Crippen molar-refractivity contribution in [2.75, 3.05) is 17.2 Å². The summed E-state index contributed by atoms with van der Waals surface area (Å²) in [5.41, 5.74) is 1.01. The fourth-order valence-electron chi connectivity index (χ4n) is 1.24. The van der Waals surface area contributed by atoms with Crippen molar-refractivity contribution in [3.63, 3.8) is 0 Å². The van der Waals surface area contributed by atoms with Crippen molar-refractivity contribution in [1.82, 2.24) is 0 Å². The Hall–Kier alpha value is -0.960. The second-order valence-electron chi connectivity index (χ2n) is 2.60. The van der Waals surface area contributed by atoms with Crippen LogP contribution in [0.3, 0.4) is 0 Å². The Bertz CT molecular complexity index is 286. The Morgan fingerprint density at radius 3 is 2.58 bits per heavy atom. The topological polar surface area (TPSA) is 20.3 Å². The molecule has 1 aliphatic rings. The second kappa shape index (κ2) is 3.19. The first-order chi connectivity index (χ1) is 5.88. The van der Waals surface area contributed by atoms with Gasteiger partial charge in [0.1, 0.15) is 0 Å². The molecule has 1 saturated heterocycles. The van der Waals surface area contributed by atoms with Crippen molar-refractivity contribution in [3.8, 4) is 0 Å². The predicted molar refractivity (Wildman–Crippen MR) is 51.6 cm³/mol. The predicted octanol–water partition coefficient (Wildman–Crippen LogP) is 2.36. The Morgan fingerprint density at radius 1 is 1.25 bits per heavy atom. The Kier molecular flexibility index (Phi) is 2.04. The van der Waals surface area contributed by atoms with Crippen LogP contribution in [-0.2, 0) is 0 Å². The molecule has 0 bridgehead atoms. The van der Waals surface area contributed by atoms with Crippen molar-refractivity contribution in [2.45, 2.75) is 0 Å². The first-order valence-corrected chi connectivity index (χ1v) is 4.86. The summed E-state index contributed by atoms with van der Waals surface area (Å²) in [6.07, 6.45) is 0. The molecule has 2 rings (SSSR count). The van der Waals surface area contributed by atoms with Gasteiger partial charge in [0.05, 0.1) is 0 Å². The fraction of sp³-hybridized carbons (Fsp3) is 0.222. The van der Waals surface area contributed by atoms with Crippen LogP contribution in [0.1, 0.15) is 0 Å². The summed E-state index contributed by atoms with van der Waals surface area (Å²) >= 11 is 1.39. The first kappa shape index (κ1) is 7.68. The first-order valence-electron chi connectivity index (χ1n) is 3.87. The third-order valence-electron chi connectivity index (χ3n) is 1.83. The zero-order valence-electron chi connectivity index (χ0n) is 6.56. The minimum atomic E-state index is 0.168. The molecule has 2 nitrogen and oxygen atoms in total. The van der Waals surface area contributed by atoms with Crippen LogP contribution in [0.2, 0.25) is 0 Å². The molecule has 0 spiro atoms. The highest BCUT2D eigenvalue weighted by atomic mass is 32.2. The molecule has 0 unspecified atom stereocenters. The standard InChI is InChI=1S/C9H9NOS/c11-9-10(6-7-12-9)8-4-2-1-3-5-8/h1-5H,6-7H2. The highest BCUT2D eigenvalue weighted by Gasteiger charge is 2.21. The van der Waals surface area contributed by atoms with Crippen LogP contribution < -0.4 is 4.90 Å². The molecular formula is C9H9NOS. The molecule has 0 N–H and O–H groups in total. The van der Waals surface area contributed by atoms with Gasteiger partial charge in [0.2, 0.25) is 0 Å². The smallest absolute Gasteiger partial charge is 0.286 e. The van der Waals surface area contributed by atoms with E-state index in [0.29, 0.717) is 0 Å². The summed E-state index contributed by atoms with van der Waals surface area (Å²) < 4.78 is 0. The van der Waals surface area contributed by atoms with Gasteiger partial charge in [0, 0.05) is 18.0 Å². The number of thioether (sulfide) groups is 1. The van der Waals surface area contributed by atoms with Crippen molar-refractivity contribution in [1.29, 1.82) is 0 Å². The van der Waals surface area contributed by atoms with Crippen molar-refractivity contribution >= 4 is 22.7 Å². The van der Waals surface area contributed by atoms with Gasteiger partial charge in [-0.1, -0.05) is 30.0 Å². The third kappa shape index (κ3) is 1.32. The zero-order chi connectivity index (χ0) is 8.39. The van der Waals surface area contributed by atoms with Crippen molar-refractivity contribution in [2.24, 2.45) is 0 Å². The maximum absolute atomic E-state index is 11.3. The molecule has 1 amide bonds. The lowest BCUT2D eigenvalue weighted by Gasteiger charge is -2.13. The van der Waals surface area contributed by atoms with Gasteiger partial charge in [-0.15, -0.1) is 0 Å². The monoisotopic (exact) mass is 179 g/mol. The average molecular weight is 179 g/mol. The molecule has 3 heteroatoms. The molecule has 1 aliphatic heterocycles. The molecule has 1 heterocycles. The van der Waals surface area contributed by atoms with E-state index in [1.165, 1.54) is 11.8 Å². The zero-order valence-corrected chi connectivity index (χ0v) is 7.38. The fourth-order valence-corrected chi connectivity index (χ4v) is 2.04. The lowest BCUT2D eigenvalue weighted by molar-refractivity contribution is 0.266. The highest BCUT2D eigenvalue weighted by molar-refractivity contribution is 8.14. The van der Waals surface area contributed by atoms with E-state index in [4.69, 9.17) is 0 Å². The minimum Gasteiger partial charge on any atom is -0.302 e. The van der Waals surface area contributed by atoms with E-state index in [9.17, 15) is 4.79 Å². The van der Waals surface area contributed by atoms with Crippen LogP contribution in [0, 0.1) is 0 Å². The average Bonchev–Trinajstić information content (AvgIpc) is 2.53. The molecule has 1 aromatic carbocycles. The third-order valence-corrected chi connectivity index (χ3v) is 2.68. The van der Waals surface area contributed by atoms with Crippen LogP contribution in [-0.4, -0.2) is 17.5 Å². The van der Waals surface area contributed by atoms with Gasteiger partial charge in [-0.3, -0.25) is 4.79 Å². The number of carbonyl (C=O) groups excluding carboxylic acids is 1. The maximum atomic E-state index is 11.3. The largest absolute Gasteiger partial charge is 0.302 e. The molecule has 0 radical (unpaired) electrons. The molecule has 12 heavy (non-hydrogen) atoms. The number of amides is 1. The molecule has 1 fully saturated rings. The van der Waals surface area contributed by atoms with Crippen LogP contribution in [0.4, 0.5) is 10.5 Å². The van der Waals surface area contributed by atoms with E-state index in [1.807, 2.05) is 35.2 Å². The molecule has 0 aromatic heterocycles. The van der Waals surface area contributed by atoms with Crippen LogP contribution in [0.25, 0.3) is 0 Å². The normalized spacial score (nSPS) is 17.0. The summed E-state index contributed by atoms with van der Waals surface area (Å²) in [5, 5.41) is 0.168. The summed E-state index contributed by atoms with van der Waals surface area (Å²) in [4.78, 5) is 13.1. The molecular weight excluding hydrogens is 170 g/mol. The van der Waals surface area contributed by atoms with Crippen LogP contribution >= 0.6 is 11.8 Å². The van der Waals surface area contributed by atoms with Gasteiger partial charge in [-0.25, -0.2) is 0 Å². The number of para-hydroxylation sites is 1. The van der Waals surface area contributed by atoms with E-state index >= 15 is 0 Å². The molecule has 0 atom stereocenters. The summed E-state index contributed by atoms with van der Waals surface area (Å²) in [6, 6.07) is 9.78. The van der Waals surface area contributed by atoms with Gasteiger partial charge in [-0.05, 0) is 12.1 Å².